The molecule has 1 aromatic carbocycles. The number of nitrogens with two attached hydrogens (primary N) is 1. The van der Waals surface area contributed by atoms with Gasteiger partial charge in [0, 0.05) is 18.2 Å². The molecule has 0 fully saturated rings. The average molecular weight is 231 g/mol. The van der Waals surface area contributed by atoms with Crippen LogP contribution in [0.5, 0.6) is 0 Å². The number of nitrogens with zero attached hydrogens (tertiary/aromatic N) is 2. The van der Waals surface area contributed by atoms with Gasteiger partial charge in [-0.15, -0.1) is 0 Å². The van der Waals surface area contributed by atoms with Crippen molar-refractivity contribution < 1.29 is 9.63 Å². The van der Waals surface area contributed by atoms with E-state index in [0.29, 0.717) is 18.1 Å². The van der Waals surface area contributed by atoms with Gasteiger partial charge in [0.05, 0.1) is 6.61 Å². The number of anilines is 1. The Morgan fingerprint density at radius 1 is 1.24 bits per heavy atom. The minimum Gasteiger partial charge on any atom is -0.399 e. The molecule has 0 saturated heterocycles. The van der Waals surface area contributed by atoms with Crippen molar-refractivity contribution in [3.63, 3.8) is 0 Å². The van der Waals surface area contributed by atoms with Crippen molar-refractivity contribution >= 4 is 17.8 Å². The summed E-state index contributed by atoms with van der Waals surface area (Å²) in [7, 11) is 0. The van der Waals surface area contributed by atoms with Crippen LogP contribution in [0.25, 0.3) is 12.2 Å². The van der Waals surface area contributed by atoms with E-state index in [2.05, 4.69) is 10.1 Å². The zero-order valence-electron chi connectivity index (χ0n) is 9.21. The molecule has 0 aliphatic carbocycles. The highest BCUT2D eigenvalue weighted by Gasteiger charge is 2.01. The lowest BCUT2D eigenvalue weighted by molar-refractivity contribution is 0.293. The third-order valence-corrected chi connectivity index (χ3v) is 2.17. The van der Waals surface area contributed by atoms with Crippen molar-refractivity contribution in [1.29, 1.82) is 0 Å². The Bertz CT molecular complexity index is 503. The molecule has 5 heteroatoms. The van der Waals surface area contributed by atoms with Crippen LogP contribution in [0.15, 0.2) is 28.8 Å². The number of hydrogen-bond acceptors (Lipinski definition) is 5. The van der Waals surface area contributed by atoms with Crippen LogP contribution in [0.3, 0.4) is 0 Å². The Hall–Kier alpha value is -2.14. The number of nitrogen functional groups attached to an aromatic ring is 1. The Kier molecular flexibility index (Phi) is 3.52. The molecule has 3 N–H and O–H groups in total. The summed E-state index contributed by atoms with van der Waals surface area (Å²) in [5, 5.41) is 12.4. The second kappa shape index (κ2) is 5.27. The van der Waals surface area contributed by atoms with Crippen molar-refractivity contribution in [3.8, 4) is 0 Å². The minimum atomic E-state index is 0.0145. The smallest absolute Gasteiger partial charge is 0.250 e. The predicted molar refractivity (Wildman–Crippen MR) is 64.9 cm³/mol. The van der Waals surface area contributed by atoms with Gasteiger partial charge in [-0.25, -0.2) is 0 Å². The Labute approximate surface area is 98.6 Å². The number of aliphatic hydroxyl groups is 1. The molecule has 0 unspecified atom stereocenters. The number of rotatable bonds is 4. The SMILES string of the molecule is Nc1ccc(/C=C/c2nc(CCO)no2)cc1. The van der Waals surface area contributed by atoms with E-state index in [0.717, 1.165) is 11.3 Å². The maximum atomic E-state index is 8.71. The second-order valence-corrected chi connectivity index (χ2v) is 3.52. The summed E-state index contributed by atoms with van der Waals surface area (Å²) < 4.78 is 4.98. The normalized spacial score (nSPS) is 11.1. The number of benzene rings is 1. The first-order valence-corrected chi connectivity index (χ1v) is 5.25. The van der Waals surface area contributed by atoms with E-state index in [4.69, 9.17) is 15.4 Å². The van der Waals surface area contributed by atoms with Gasteiger partial charge in [0.15, 0.2) is 5.82 Å². The Morgan fingerprint density at radius 3 is 2.71 bits per heavy atom. The molecule has 5 nitrogen and oxygen atoms in total. The highest BCUT2D eigenvalue weighted by Crippen LogP contribution is 2.09. The topological polar surface area (TPSA) is 85.2 Å². The first-order chi connectivity index (χ1) is 8.28. The fraction of sp³-hybridized carbons (Fsp3) is 0.167. The van der Waals surface area contributed by atoms with E-state index in [1.54, 1.807) is 6.08 Å². The molecule has 88 valence electrons. The molecule has 1 aromatic heterocycles. The minimum absolute atomic E-state index is 0.0145. The Balaban J connectivity index is 2.06. The highest BCUT2D eigenvalue weighted by atomic mass is 16.5. The maximum Gasteiger partial charge on any atom is 0.250 e. The highest BCUT2D eigenvalue weighted by molar-refractivity contribution is 5.66. The van der Waals surface area contributed by atoms with Crippen LogP contribution in [0.2, 0.25) is 0 Å². The standard InChI is InChI=1S/C12H13N3O2/c13-10-4-1-9(2-5-10)3-6-12-14-11(7-8-16)15-17-12/h1-6,16H,7-8,13H2/b6-3+. The van der Waals surface area contributed by atoms with Crippen LogP contribution < -0.4 is 5.73 Å². The van der Waals surface area contributed by atoms with E-state index in [-0.39, 0.29) is 6.61 Å². The van der Waals surface area contributed by atoms with Crippen molar-refractivity contribution in [2.24, 2.45) is 0 Å². The van der Waals surface area contributed by atoms with Gasteiger partial charge in [-0.05, 0) is 23.8 Å². The van der Waals surface area contributed by atoms with Crippen molar-refractivity contribution in [2.45, 2.75) is 6.42 Å². The van der Waals surface area contributed by atoms with E-state index in [1.165, 1.54) is 0 Å². The van der Waals surface area contributed by atoms with E-state index in [9.17, 15) is 0 Å². The van der Waals surface area contributed by atoms with Crippen molar-refractivity contribution in [3.05, 3.63) is 41.5 Å². The summed E-state index contributed by atoms with van der Waals surface area (Å²) in [5.41, 5.74) is 7.31. The largest absolute Gasteiger partial charge is 0.399 e. The molecule has 2 rings (SSSR count). The van der Waals surface area contributed by atoms with Gasteiger partial charge in [-0.2, -0.15) is 4.98 Å². The monoisotopic (exact) mass is 231 g/mol. The molecule has 1 heterocycles. The lowest BCUT2D eigenvalue weighted by atomic mass is 10.2. The Morgan fingerprint density at radius 2 is 2.00 bits per heavy atom. The second-order valence-electron chi connectivity index (χ2n) is 3.52. The fourth-order valence-electron chi connectivity index (χ4n) is 1.31. The number of hydrogen-bond donors (Lipinski definition) is 2. The summed E-state index contributed by atoms with van der Waals surface area (Å²) in [5.74, 6) is 0.926. The maximum absolute atomic E-state index is 8.71. The molecule has 0 saturated carbocycles. The first kappa shape index (κ1) is 11.3. The molecule has 17 heavy (non-hydrogen) atoms. The molecule has 0 spiro atoms. The molecule has 0 atom stereocenters. The van der Waals surface area contributed by atoms with Gasteiger partial charge in [0.1, 0.15) is 0 Å². The molecule has 2 aromatic rings. The molecule has 0 amide bonds. The lowest BCUT2D eigenvalue weighted by Gasteiger charge is -1.93. The predicted octanol–water partition coefficient (Wildman–Crippen LogP) is 1.36. The van der Waals surface area contributed by atoms with Gasteiger partial charge < -0.3 is 15.4 Å². The van der Waals surface area contributed by atoms with E-state index >= 15 is 0 Å². The summed E-state index contributed by atoms with van der Waals surface area (Å²) in [6, 6.07) is 7.45. The van der Waals surface area contributed by atoms with Crippen LogP contribution in [-0.2, 0) is 6.42 Å². The third-order valence-electron chi connectivity index (χ3n) is 2.17. The molecule has 0 bridgehead atoms. The van der Waals surface area contributed by atoms with E-state index in [1.807, 2.05) is 30.3 Å². The first-order valence-electron chi connectivity index (χ1n) is 5.25. The van der Waals surface area contributed by atoms with Gasteiger partial charge in [-0.3, -0.25) is 0 Å². The average Bonchev–Trinajstić information content (AvgIpc) is 2.77. The van der Waals surface area contributed by atoms with Gasteiger partial charge in [0.2, 0.25) is 0 Å². The molecular formula is C12H13N3O2. The van der Waals surface area contributed by atoms with Gasteiger partial charge in [0.25, 0.3) is 5.89 Å². The van der Waals surface area contributed by atoms with Crippen molar-refractivity contribution in [1.82, 2.24) is 10.1 Å². The lowest BCUT2D eigenvalue weighted by Crippen LogP contribution is -1.92. The van der Waals surface area contributed by atoms with E-state index < -0.39 is 0 Å². The third kappa shape index (κ3) is 3.15. The summed E-state index contributed by atoms with van der Waals surface area (Å²) >= 11 is 0. The summed E-state index contributed by atoms with van der Waals surface area (Å²) in [4.78, 5) is 4.08. The summed E-state index contributed by atoms with van der Waals surface area (Å²) in [6.07, 6.45) is 3.98. The van der Waals surface area contributed by atoms with Gasteiger partial charge >= 0.3 is 0 Å². The molecular weight excluding hydrogens is 218 g/mol. The van der Waals surface area contributed by atoms with Crippen LogP contribution in [0.1, 0.15) is 17.3 Å². The zero-order valence-corrected chi connectivity index (χ0v) is 9.21. The van der Waals surface area contributed by atoms with Crippen LogP contribution in [0.4, 0.5) is 5.69 Å². The van der Waals surface area contributed by atoms with Crippen LogP contribution in [0, 0.1) is 0 Å². The molecule has 0 radical (unpaired) electrons. The fourth-order valence-corrected chi connectivity index (χ4v) is 1.31. The quantitative estimate of drug-likeness (QED) is 0.776. The summed E-state index contributed by atoms with van der Waals surface area (Å²) in [6.45, 7) is 0.0145. The molecule has 0 aliphatic rings. The van der Waals surface area contributed by atoms with Crippen molar-refractivity contribution in [2.75, 3.05) is 12.3 Å². The molecule has 0 aliphatic heterocycles. The number of aromatic nitrogens is 2. The van der Waals surface area contributed by atoms with Crippen LogP contribution in [-0.4, -0.2) is 21.9 Å². The van der Waals surface area contributed by atoms with Gasteiger partial charge in [-0.1, -0.05) is 17.3 Å². The van der Waals surface area contributed by atoms with Crippen LogP contribution >= 0.6 is 0 Å². The zero-order chi connectivity index (χ0) is 12.1. The number of aliphatic hydroxyl groups excluding tert-OH is 1.